The van der Waals surface area contributed by atoms with Crippen LogP contribution in [0.2, 0.25) is 0 Å². The molecule has 0 aromatic carbocycles. The van der Waals surface area contributed by atoms with E-state index in [2.05, 4.69) is 16.9 Å². The predicted octanol–water partition coefficient (Wildman–Crippen LogP) is 1.26. The lowest BCUT2D eigenvalue weighted by atomic mass is 10.3. The Balaban J connectivity index is 2.30. The molecule has 0 aliphatic heterocycles. The lowest BCUT2D eigenvalue weighted by molar-refractivity contribution is 0.102. The smallest absolute Gasteiger partial charge is 0.248 e. The number of imidazole rings is 2. The van der Waals surface area contributed by atoms with E-state index in [4.69, 9.17) is 0 Å². The summed E-state index contributed by atoms with van der Waals surface area (Å²) in [7, 11) is 1.84. The van der Waals surface area contributed by atoms with Crippen molar-refractivity contribution >= 4 is 5.78 Å². The Labute approximate surface area is 93.8 Å². The Kier molecular flexibility index (Phi) is 2.85. The lowest BCUT2D eigenvalue weighted by Gasteiger charge is -2.03. The zero-order valence-electron chi connectivity index (χ0n) is 9.42. The normalized spacial score (nSPS) is 10.6. The van der Waals surface area contributed by atoms with E-state index in [1.807, 2.05) is 17.8 Å². The van der Waals surface area contributed by atoms with Crippen molar-refractivity contribution in [2.75, 3.05) is 0 Å². The van der Waals surface area contributed by atoms with Crippen LogP contribution in [0.15, 0.2) is 24.9 Å². The van der Waals surface area contributed by atoms with Crippen molar-refractivity contribution < 1.29 is 4.79 Å². The minimum absolute atomic E-state index is 0.126. The number of carbonyl (C=O) groups is 1. The predicted molar refractivity (Wildman–Crippen MR) is 59.2 cm³/mol. The van der Waals surface area contributed by atoms with Crippen LogP contribution in [0.3, 0.4) is 0 Å². The Hall–Kier alpha value is -1.91. The summed E-state index contributed by atoms with van der Waals surface area (Å²) in [5.41, 5.74) is 0.436. The SMILES string of the molecule is CCCn1ccnc1C(=O)c1cn(C)cn1. The van der Waals surface area contributed by atoms with Crippen LogP contribution in [0, 0.1) is 0 Å². The molecule has 0 fully saturated rings. The van der Waals surface area contributed by atoms with E-state index in [1.54, 1.807) is 23.3 Å². The van der Waals surface area contributed by atoms with E-state index in [0.29, 0.717) is 11.5 Å². The molecule has 0 radical (unpaired) electrons. The van der Waals surface area contributed by atoms with E-state index in [9.17, 15) is 4.79 Å². The molecule has 5 heteroatoms. The first kappa shape index (κ1) is 10.6. The van der Waals surface area contributed by atoms with Gasteiger partial charge in [-0.25, -0.2) is 9.97 Å². The van der Waals surface area contributed by atoms with E-state index in [-0.39, 0.29) is 5.78 Å². The maximum Gasteiger partial charge on any atom is 0.248 e. The maximum absolute atomic E-state index is 12.1. The molecule has 0 saturated heterocycles. The van der Waals surface area contributed by atoms with Crippen molar-refractivity contribution in [3.8, 4) is 0 Å². The molecule has 2 heterocycles. The lowest BCUT2D eigenvalue weighted by Crippen LogP contribution is -2.11. The fourth-order valence-electron chi connectivity index (χ4n) is 1.58. The van der Waals surface area contributed by atoms with Gasteiger partial charge in [0.05, 0.1) is 6.33 Å². The van der Waals surface area contributed by atoms with Gasteiger partial charge in [0.2, 0.25) is 5.78 Å². The molecule has 0 spiro atoms. The number of aryl methyl sites for hydroxylation is 2. The van der Waals surface area contributed by atoms with Gasteiger partial charge in [0, 0.05) is 32.2 Å². The standard InChI is InChI=1S/C11H14N4O/c1-3-5-15-6-4-12-11(15)10(16)9-7-14(2)8-13-9/h4,6-8H,3,5H2,1-2H3. The molecule has 0 bridgehead atoms. The van der Waals surface area contributed by atoms with Crippen molar-refractivity contribution in [3.63, 3.8) is 0 Å². The zero-order valence-corrected chi connectivity index (χ0v) is 9.42. The Bertz CT molecular complexity index is 498. The monoisotopic (exact) mass is 218 g/mol. The van der Waals surface area contributed by atoms with Crippen LogP contribution in [-0.2, 0) is 13.6 Å². The average molecular weight is 218 g/mol. The quantitative estimate of drug-likeness (QED) is 0.726. The van der Waals surface area contributed by atoms with Crippen LogP contribution in [0.1, 0.15) is 29.7 Å². The molecular weight excluding hydrogens is 204 g/mol. The highest BCUT2D eigenvalue weighted by Gasteiger charge is 2.16. The number of carbonyl (C=O) groups excluding carboxylic acids is 1. The third kappa shape index (κ3) is 1.88. The molecule has 0 aliphatic rings. The van der Waals surface area contributed by atoms with Crippen molar-refractivity contribution in [1.82, 2.24) is 19.1 Å². The molecule has 0 aliphatic carbocycles. The maximum atomic E-state index is 12.1. The van der Waals surface area contributed by atoms with Gasteiger partial charge in [-0.2, -0.15) is 0 Å². The number of aromatic nitrogens is 4. The van der Waals surface area contributed by atoms with Crippen molar-refractivity contribution in [2.45, 2.75) is 19.9 Å². The molecule has 2 rings (SSSR count). The summed E-state index contributed by atoms with van der Waals surface area (Å²) in [6.07, 6.45) is 7.75. The molecule has 16 heavy (non-hydrogen) atoms. The third-order valence-electron chi connectivity index (χ3n) is 2.32. The number of hydrogen-bond donors (Lipinski definition) is 0. The molecule has 2 aromatic rings. The summed E-state index contributed by atoms with van der Waals surface area (Å²) >= 11 is 0. The Morgan fingerprint density at radius 3 is 2.88 bits per heavy atom. The van der Waals surface area contributed by atoms with Crippen molar-refractivity contribution in [2.24, 2.45) is 7.05 Å². The molecule has 0 N–H and O–H groups in total. The number of rotatable bonds is 4. The molecule has 84 valence electrons. The number of hydrogen-bond acceptors (Lipinski definition) is 3. The molecule has 2 aromatic heterocycles. The fraction of sp³-hybridized carbons (Fsp3) is 0.364. The Morgan fingerprint density at radius 1 is 1.44 bits per heavy atom. The highest BCUT2D eigenvalue weighted by molar-refractivity contribution is 6.05. The van der Waals surface area contributed by atoms with Crippen molar-refractivity contribution in [3.05, 3.63) is 36.4 Å². The van der Waals surface area contributed by atoms with Crippen LogP contribution in [0.5, 0.6) is 0 Å². The second-order valence-electron chi connectivity index (χ2n) is 3.70. The van der Waals surface area contributed by atoms with Gasteiger partial charge >= 0.3 is 0 Å². The number of nitrogens with zero attached hydrogens (tertiary/aromatic N) is 4. The van der Waals surface area contributed by atoms with Gasteiger partial charge < -0.3 is 9.13 Å². The second-order valence-corrected chi connectivity index (χ2v) is 3.70. The molecule has 0 saturated carbocycles. The summed E-state index contributed by atoms with van der Waals surface area (Å²) in [6.45, 7) is 2.86. The summed E-state index contributed by atoms with van der Waals surface area (Å²) in [5, 5.41) is 0. The van der Waals surface area contributed by atoms with Gasteiger partial charge in [-0.05, 0) is 6.42 Å². The number of ketones is 1. The summed E-state index contributed by atoms with van der Waals surface area (Å²) in [5.74, 6) is 0.333. The highest BCUT2D eigenvalue weighted by Crippen LogP contribution is 2.06. The molecule has 0 unspecified atom stereocenters. The fourth-order valence-corrected chi connectivity index (χ4v) is 1.58. The van der Waals surface area contributed by atoms with Gasteiger partial charge in [0.25, 0.3) is 0 Å². The van der Waals surface area contributed by atoms with Gasteiger partial charge in [-0.15, -0.1) is 0 Å². The van der Waals surface area contributed by atoms with Crippen LogP contribution >= 0.6 is 0 Å². The van der Waals surface area contributed by atoms with E-state index in [0.717, 1.165) is 13.0 Å². The first-order valence-electron chi connectivity index (χ1n) is 5.26. The van der Waals surface area contributed by atoms with Gasteiger partial charge in [0.15, 0.2) is 5.82 Å². The van der Waals surface area contributed by atoms with Crippen LogP contribution in [0.25, 0.3) is 0 Å². The van der Waals surface area contributed by atoms with E-state index < -0.39 is 0 Å². The largest absolute Gasteiger partial charge is 0.340 e. The van der Waals surface area contributed by atoms with Gasteiger partial charge in [0.1, 0.15) is 5.69 Å². The minimum atomic E-state index is -0.126. The van der Waals surface area contributed by atoms with Crippen LogP contribution < -0.4 is 0 Å². The molecular formula is C11H14N4O. The third-order valence-corrected chi connectivity index (χ3v) is 2.32. The molecule has 0 atom stereocenters. The van der Waals surface area contributed by atoms with Gasteiger partial charge in [-0.1, -0.05) is 6.92 Å². The molecule has 5 nitrogen and oxygen atoms in total. The first-order valence-corrected chi connectivity index (χ1v) is 5.26. The topological polar surface area (TPSA) is 52.7 Å². The van der Waals surface area contributed by atoms with Gasteiger partial charge in [-0.3, -0.25) is 4.79 Å². The van der Waals surface area contributed by atoms with E-state index >= 15 is 0 Å². The van der Waals surface area contributed by atoms with Crippen LogP contribution in [-0.4, -0.2) is 24.9 Å². The summed E-state index contributed by atoms with van der Waals surface area (Å²) in [6, 6.07) is 0. The Morgan fingerprint density at radius 2 is 2.25 bits per heavy atom. The summed E-state index contributed by atoms with van der Waals surface area (Å²) in [4.78, 5) is 20.2. The summed E-state index contributed by atoms with van der Waals surface area (Å²) < 4.78 is 3.61. The van der Waals surface area contributed by atoms with E-state index in [1.165, 1.54) is 0 Å². The minimum Gasteiger partial charge on any atom is -0.340 e. The zero-order chi connectivity index (χ0) is 11.5. The first-order chi connectivity index (χ1) is 7.72. The second kappa shape index (κ2) is 4.30. The van der Waals surface area contributed by atoms with Crippen molar-refractivity contribution in [1.29, 1.82) is 0 Å². The molecule has 0 amide bonds. The van der Waals surface area contributed by atoms with Crippen LogP contribution in [0.4, 0.5) is 0 Å². The highest BCUT2D eigenvalue weighted by atomic mass is 16.1. The average Bonchev–Trinajstić information content (AvgIpc) is 2.87.